The van der Waals surface area contributed by atoms with Gasteiger partial charge in [-0.3, -0.25) is 0 Å². The normalized spacial score (nSPS) is 10.8. The molecule has 1 heterocycles. The molecule has 0 aliphatic carbocycles. The third-order valence-electron chi connectivity index (χ3n) is 3.31. The van der Waals surface area contributed by atoms with Crippen LogP contribution < -0.4 is 5.73 Å². The summed E-state index contributed by atoms with van der Waals surface area (Å²) in [6.07, 6.45) is 1.86. The Kier molecular flexibility index (Phi) is 3.29. The third-order valence-corrected chi connectivity index (χ3v) is 3.31. The van der Waals surface area contributed by atoms with Gasteiger partial charge in [0, 0.05) is 19.3 Å². The van der Waals surface area contributed by atoms with E-state index in [0.29, 0.717) is 6.54 Å². The van der Waals surface area contributed by atoms with E-state index < -0.39 is 0 Å². The monoisotopic (exact) mass is 229 g/mol. The molecule has 90 valence electrons. The third kappa shape index (κ3) is 2.24. The van der Waals surface area contributed by atoms with E-state index in [9.17, 15) is 0 Å². The van der Waals surface area contributed by atoms with Crippen LogP contribution in [0.1, 0.15) is 28.2 Å². The van der Waals surface area contributed by atoms with Gasteiger partial charge in [-0.15, -0.1) is 0 Å². The predicted molar refractivity (Wildman–Crippen MR) is 69.9 cm³/mol. The minimum absolute atomic E-state index is 0.534. The van der Waals surface area contributed by atoms with E-state index in [4.69, 9.17) is 5.73 Å². The lowest BCUT2D eigenvalue weighted by Gasteiger charge is -2.14. The minimum Gasteiger partial charge on any atom is -0.327 e. The maximum atomic E-state index is 5.73. The maximum Gasteiger partial charge on any atom is 0.106 e. The van der Waals surface area contributed by atoms with Gasteiger partial charge in [0.05, 0.1) is 5.69 Å². The molecule has 0 aliphatic rings. The Morgan fingerprint density at radius 1 is 1.18 bits per heavy atom. The zero-order valence-corrected chi connectivity index (χ0v) is 10.7. The van der Waals surface area contributed by atoms with Crippen molar-refractivity contribution in [2.75, 3.05) is 0 Å². The number of aryl methyl sites for hydroxylation is 3. The SMILES string of the molecule is Cc1cccc(C)c1Cn1c(CN)cnc1C. The van der Waals surface area contributed by atoms with Gasteiger partial charge in [0.25, 0.3) is 0 Å². The molecular formula is C14H19N3. The summed E-state index contributed by atoms with van der Waals surface area (Å²) in [4.78, 5) is 4.33. The first-order valence-corrected chi connectivity index (χ1v) is 5.89. The first kappa shape index (κ1) is 11.9. The molecule has 17 heavy (non-hydrogen) atoms. The van der Waals surface area contributed by atoms with Crippen molar-refractivity contribution in [2.24, 2.45) is 5.73 Å². The van der Waals surface area contributed by atoms with E-state index in [0.717, 1.165) is 18.1 Å². The van der Waals surface area contributed by atoms with Crippen molar-refractivity contribution in [3.8, 4) is 0 Å². The molecule has 3 heteroatoms. The first-order chi connectivity index (χ1) is 8.13. The summed E-state index contributed by atoms with van der Waals surface area (Å²) < 4.78 is 2.19. The molecule has 2 N–H and O–H groups in total. The zero-order chi connectivity index (χ0) is 12.4. The van der Waals surface area contributed by atoms with Crippen LogP contribution in [0, 0.1) is 20.8 Å². The van der Waals surface area contributed by atoms with E-state index in [2.05, 4.69) is 41.6 Å². The van der Waals surface area contributed by atoms with Gasteiger partial charge in [-0.25, -0.2) is 4.98 Å². The van der Waals surface area contributed by atoms with Gasteiger partial charge in [0.15, 0.2) is 0 Å². The van der Waals surface area contributed by atoms with Crippen LogP contribution in [0.15, 0.2) is 24.4 Å². The lowest BCUT2D eigenvalue weighted by Crippen LogP contribution is -2.11. The second-order valence-corrected chi connectivity index (χ2v) is 4.46. The van der Waals surface area contributed by atoms with Crippen LogP contribution in [0.4, 0.5) is 0 Å². The van der Waals surface area contributed by atoms with Crippen molar-refractivity contribution >= 4 is 0 Å². The lowest BCUT2D eigenvalue weighted by atomic mass is 10.0. The Balaban J connectivity index is 2.41. The number of imidazole rings is 1. The molecule has 1 aromatic heterocycles. The molecule has 0 bridgehead atoms. The van der Waals surface area contributed by atoms with Crippen LogP contribution in [-0.2, 0) is 13.1 Å². The number of rotatable bonds is 3. The number of nitrogens with zero attached hydrogens (tertiary/aromatic N) is 2. The molecule has 3 nitrogen and oxygen atoms in total. The molecule has 0 fully saturated rings. The molecule has 1 aromatic carbocycles. The smallest absolute Gasteiger partial charge is 0.106 e. The zero-order valence-electron chi connectivity index (χ0n) is 10.7. The number of hydrogen-bond donors (Lipinski definition) is 1. The Hall–Kier alpha value is -1.61. The Morgan fingerprint density at radius 3 is 2.41 bits per heavy atom. The van der Waals surface area contributed by atoms with Gasteiger partial charge in [-0.05, 0) is 37.5 Å². The van der Waals surface area contributed by atoms with Gasteiger partial charge in [0.1, 0.15) is 5.82 Å². The lowest BCUT2D eigenvalue weighted by molar-refractivity contribution is 0.707. The molecule has 0 saturated heterocycles. The topological polar surface area (TPSA) is 43.8 Å². The summed E-state index contributed by atoms with van der Waals surface area (Å²) in [7, 11) is 0. The summed E-state index contributed by atoms with van der Waals surface area (Å²) >= 11 is 0. The molecule has 2 aromatic rings. The van der Waals surface area contributed by atoms with Crippen molar-refractivity contribution in [1.82, 2.24) is 9.55 Å². The number of hydrogen-bond acceptors (Lipinski definition) is 2. The van der Waals surface area contributed by atoms with Crippen LogP contribution in [-0.4, -0.2) is 9.55 Å². The van der Waals surface area contributed by atoms with E-state index in [-0.39, 0.29) is 0 Å². The summed E-state index contributed by atoms with van der Waals surface area (Å²) in [5.41, 5.74) is 10.8. The van der Waals surface area contributed by atoms with Crippen molar-refractivity contribution in [1.29, 1.82) is 0 Å². The largest absolute Gasteiger partial charge is 0.327 e. The number of aromatic nitrogens is 2. The van der Waals surface area contributed by atoms with Crippen molar-refractivity contribution in [3.05, 3.63) is 52.6 Å². The quantitative estimate of drug-likeness (QED) is 0.877. The van der Waals surface area contributed by atoms with Gasteiger partial charge < -0.3 is 10.3 Å². The molecule has 0 aliphatic heterocycles. The predicted octanol–water partition coefficient (Wildman–Crippen LogP) is 2.32. The molecule has 2 rings (SSSR count). The second kappa shape index (κ2) is 4.72. The maximum absolute atomic E-state index is 5.73. The van der Waals surface area contributed by atoms with E-state index in [1.165, 1.54) is 16.7 Å². The number of benzene rings is 1. The summed E-state index contributed by atoms with van der Waals surface area (Å²) in [5.74, 6) is 1.02. The fourth-order valence-electron chi connectivity index (χ4n) is 2.15. The summed E-state index contributed by atoms with van der Waals surface area (Å²) in [5, 5.41) is 0. The molecular weight excluding hydrogens is 210 g/mol. The molecule has 0 spiro atoms. The van der Waals surface area contributed by atoms with Crippen LogP contribution in [0.2, 0.25) is 0 Å². The summed E-state index contributed by atoms with van der Waals surface area (Å²) in [6, 6.07) is 6.40. The average molecular weight is 229 g/mol. The van der Waals surface area contributed by atoms with Crippen LogP contribution in [0.5, 0.6) is 0 Å². The van der Waals surface area contributed by atoms with E-state index in [1.807, 2.05) is 13.1 Å². The molecule has 0 unspecified atom stereocenters. The molecule has 0 radical (unpaired) electrons. The Morgan fingerprint density at radius 2 is 1.82 bits per heavy atom. The van der Waals surface area contributed by atoms with Gasteiger partial charge in [0.2, 0.25) is 0 Å². The fraction of sp³-hybridized carbons (Fsp3) is 0.357. The fourth-order valence-corrected chi connectivity index (χ4v) is 2.15. The molecule has 0 atom stereocenters. The van der Waals surface area contributed by atoms with Gasteiger partial charge in [-0.2, -0.15) is 0 Å². The van der Waals surface area contributed by atoms with Gasteiger partial charge >= 0.3 is 0 Å². The first-order valence-electron chi connectivity index (χ1n) is 5.89. The summed E-state index contributed by atoms with van der Waals surface area (Å²) in [6.45, 7) is 7.71. The highest BCUT2D eigenvalue weighted by atomic mass is 15.1. The van der Waals surface area contributed by atoms with E-state index in [1.54, 1.807) is 0 Å². The van der Waals surface area contributed by atoms with Crippen LogP contribution in [0.3, 0.4) is 0 Å². The minimum atomic E-state index is 0.534. The molecule has 0 saturated carbocycles. The van der Waals surface area contributed by atoms with Crippen LogP contribution >= 0.6 is 0 Å². The highest BCUT2D eigenvalue weighted by Crippen LogP contribution is 2.17. The number of nitrogens with two attached hydrogens (primary N) is 1. The van der Waals surface area contributed by atoms with Crippen molar-refractivity contribution in [3.63, 3.8) is 0 Å². The highest BCUT2D eigenvalue weighted by Gasteiger charge is 2.08. The Bertz CT molecular complexity index is 506. The van der Waals surface area contributed by atoms with Crippen molar-refractivity contribution in [2.45, 2.75) is 33.9 Å². The standard InChI is InChI=1S/C14H19N3/c1-10-5-4-6-11(2)14(10)9-17-12(3)16-8-13(17)7-15/h4-6,8H,7,9,15H2,1-3H3. The molecule has 0 amide bonds. The average Bonchev–Trinajstić information content (AvgIpc) is 2.65. The highest BCUT2D eigenvalue weighted by molar-refractivity contribution is 5.34. The van der Waals surface area contributed by atoms with Crippen LogP contribution in [0.25, 0.3) is 0 Å². The van der Waals surface area contributed by atoms with Crippen molar-refractivity contribution < 1.29 is 0 Å². The second-order valence-electron chi connectivity index (χ2n) is 4.46. The van der Waals surface area contributed by atoms with Gasteiger partial charge in [-0.1, -0.05) is 18.2 Å². The van der Waals surface area contributed by atoms with E-state index >= 15 is 0 Å². The Labute approximate surface area is 102 Å².